The molecule has 1 aliphatic heterocycles. The SMILES string of the molecule is CC(=O)Nc1ccc(C(=O)N2c3ccccc3Sc3ccccc32)cc1. The summed E-state index contributed by atoms with van der Waals surface area (Å²) in [7, 11) is 0. The second-order valence-corrected chi connectivity index (χ2v) is 7.02. The number of fused-ring (bicyclic) bond motifs is 2. The van der Waals surface area contributed by atoms with E-state index >= 15 is 0 Å². The first-order valence-corrected chi connectivity index (χ1v) is 9.03. The molecule has 1 N–H and O–H groups in total. The van der Waals surface area contributed by atoms with E-state index in [1.807, 2.05) is 48.5 Å². The highest BCUT2D eigenvalue weighted by molar-refractivity contribution is 7.99. The molecule has 0 saturated carbocycles. The molecule has 26 heavy (non-hydrogen) atoms. The Morgan fingerprint density at radius 2 is 1.35 bits per heavy atom. The standard InChI is InChI=1S/C21H16N2O2S/c1-14(24)22-16-12-10-15(11-13-16)21(25)23-17-6-2-4-8-19(17)26-20-9-5-3-7-18(20)23/h2-13H,1H3,(H,22,24). The van der Waals surface area contributed by atoms with Crippen LogP contribution in [0.5, 0.6) is 0 Å². The van der Waals surface area contributed by atoms with Crippen molar-refractivity contribution in [1.29, 1.82) is 0 Å². The van der Waals surface area contributed by atoms with Gasteiger partial charge in [0.15, 0.2) is 0 Å². The number of benzene rings is 3. The minimum atomic E-state index is -0.139. The van der Waals surface area contributed by atoms with Crippen molar-refractivity contribution in [3.63, 3.8) is 0 Å². The molecule has 0 spiro atoms. The summed E-state index contributed by atoms with van der Waals surface area (Å²) in [5.41, 5.74) is 3.00. The molecule has 5 heteroatoms. The maximum Gasteiger partial charge on any atom is 0.262 e. The molecule has 4 nitrogen and oxygen atoms in total. The van der Waals surface area contributed by atoms with Crippen LogP contribution in [0.4, 0.5) is 17.1 Å². The van der Waals surface area contributed by atoms with Gasteiger partial charge in [-0.15, -0.1) is 0 Å². The number of nitrogens with one attached hydrogen (secondary N) is 1. The summed E-state index contributed by atoms with van der Waals surface area (Å²) in [5.74, 6) is -0.237. The van der Waals surface area contributed by atoms with Crippen LogP contribution in [-0.2, 0) is 4.79 Å². The molecular weight excluding hydrogens is 344 g/mol. The molecule has 0 aromatic heterocycles. The Bertz CT molecular complexity index is 953. The van der Waals surface area contributed by atoms with Gasteiger partial charge in [-0.25, -0.2) is 0 Å². The van der Waals surface area contributed by atoms with Crippen LogP contribution in [0.1, 0.15) is 17.3 Å². The average molecular weight is 360 g/mol. The Kier molecular flexibility index (Phi) is 4.22. The molecule has 0 radical (unpaired) electrons. The summed E-state index contributed by atoms with van der Waals surface area (Å²) in [5, 5.41) is 2.71. The molecule has 0 fully saturated rings. The number of hydrogen-bond acceptors (Lipinski definition) is 3. The minimum Gasteiger partial charge on any atom is -0.326 e. The predicted molar refractivity (Wildman–Crippen MR) is 104 cm³/mol. The lowest BCUT2D eigenvalue weighted by molar-refractivity contribution is -0.114. The van der Waals surface area contributed by atoms with Gasteiger partial charge >= 0.3 is 0 Å². The number of para-hydroxylation sites is 2. The Morgan fingerprint density at radius 3 is 1.88 bits per heavy atom. The Labute approximate surface area is 155 Å². The molecule has 0 unspecified atom stereocenters. The van der Waals surface area contributed by atoms with E-state index in [1.165, 1.54) is 6.92 Å². The quantitative estimate of drug-likeness (QED) is 0.693. The molecule has 0 bridgehead atoms. The van der Waals surface area contributed by atoms with Crippen molar-refractivity contribution in [1.82, 2.24) is 0 Å². The molecule has 0 saturated heterocycles. The fourth-order valence-corrected chi connectivity index (χ4v) is 4.01. The van der Waals surface area contributed by atoms with E-state index in [9.17, 15) is 9.59 Å². The molecule has 128 valence electrons. The van der Waals surface area contributed by atoms with Gasteiger partial charge in [-0.05, 0) is 48.5 Å². The molecule has 1 heterocycles. The smallest absolute Gasteiger partial charge is 0.262 e. The van der Waals surface area contributed by atoms with E-state index < -0.39 is 0 Å². The van der Waals surface area contributed by atoms with Gasteiger partial charge in [0.2, 0.25) is 5.91 Å². The zero-order valence-electron chi connectivity index (χ0n) is 14.1. The Morgan fingerprint density at radius 1 is 0.808 bits per heavy atom. The highest BCUT2D eigenvalue weighted by Gasteiger charge is 2.28. The van der Waals surface area contributed by atoms with Crippen LogP contribution >= 0.6 is 11.8 Å². The number of amides is 2. The van der Waals surface area contributed by atoms with E-state index in [-0.39, 0.29) is 11.8 Å². The lowest BCUT2D eigenvalue weighted by atomic mass is 10.1. The second kappa shape index (κ2) is 6.69. The highest BCUT2D eigenvalue weighted by atomic mass is 32.2. The Hall–Kier alpha value is -3.05. The maximum absolute atomic E-state index is 13.3. The first-order valence-electron chi connectivity index (χ1n) is 8.21. The van der Waals surface area contributed by atoms with Crippen molar-refractivity contribution in [2.75, 3.05) is 10.2 Å². The van der Waals surface area contributed by atoms with Gasteiger partial charge in [-0.2, -0.15) is 0 Å². The summed E-state index contributed by atoms with van der Waals surface area (Å²) in [6.45, 7) is 1.46. The van der Waals surface area contributed by atoms with Gasteiger partial charge in [0.25, 0.3) is 5.91 Å². The molecule has 4 rings (SSSR count). The summed E-state index contributed by atoms with van der Waals surface area (Å²) in [6.07, 6.45) is 0. The van der Waals surface area contributed by atoms with Crippen LogP contribution in [-0.4, -0.2) is 11.8 Å². The van der Waals surface area contributed by atoms with Crippen LogP contribution in [0.3, 0.4) is 0 Å². The van der Waals surface area contributed by atoms with Crippen LogP contribution < -0.4 is 10.2 Å². The average Bonchev–Trinajstić information content (AvgIpc) is 2.65. The minimum absolute atomic E-state index is 0.0976. The Balaban J connectivity index is 1.75. The predicted octanol–water partition coefficient (Wildman–Crippen LogP) is 5.09. The summed E-state index contributed by atoms with van der Waals surface area (Å²) in [4.78, 5) is 28.3. The third-order valence-electron chi connectivity index (χ3n) is 4.09. The number of nitrogens with zero attached hydrogens (tertiary/aromatic N) is 1. The summed E-state index contributed by atoms with van der Waals surface area (Å²) < 4.78 is 0. The van der Waals surface area contributed by atoms with Crippen molar-refractivity contribution < 1.29 is 9.59 Å². The summed E-state index contributed by atoms with van der Waals surface area (Å²) in [6, 6.07) is 22.8. The van der Waals surface area contributed by atoms with Crippen molar-refractivity contribution >= 4 is 40.6 Å². The zero-order chi connectivity index (χ0) is 18.1. The molecule has 3 aromatic carbocycles. The largest absolute Gasteiger partial charge is 0.326 e. The molecule has 1 aliphatic rings. The fraction of sp³-hybridized carbons (Fsp3) is 0.0476. The zero-order valence-corrected chi connectivity index (χ0v) is 14.9. The maximum atomic E-state index is 13.3. The van der Waals surface area contributed by atoms with Crippen LogP contribution in [0.15, 0.2) is 82.6 Å². The van der Waals surface area contributed by atoms with E-state index in [0.717, 1.165) is 21.2 Å². The van der Waals surface area contributed by atoms with Crippen molar-refractivity contribution in [2.24, 2.45) is 0 Å². The van der Waals surface area contributed by atoms with E-state index in [2.05, 4.69) is 5.32 Å². The second-order valence-electron chi connectivity index (χ2n) is 5.94. The number of carbonyl (C=O) groups excluding carboxylic acids is 2. The first-order chi connectivity index (χ1) is 12.6. The molecule has 2 amide bonds. The monoisotopic (exact) mass is 360 g/mol. The lowest BCUT2D eigenvalue weighted by Gasteiger charge is -2.31. The van der Waals surface area contributed by atoms with Gasteiger partial charge in [-0.3, -0.25) is 14.5 Å². The summed E-state index contributed by atoms with van der Waals surface area (Å²) >= 11 is 1.67. The van der Waals surface area contributed by atoms with E-state index in [0.29, 0.717) is 11.3 Å². The van der Waals surface area contributed by atoms with Gasteiger partial charge < -0.3 is 5.32 Å². The van der Waals surface area contributed by atoms with E-state index in [4.69, 9.17) is 0 Å². The van der Waals surface area contributed by atoms with Crippen molar-refractivity contribution in [3.8, 4) is 0 Å². The molecule has 3 aromatic rings. The fourth-order valence-electron chi connectivity index (χ4n) is 2.95. The molecule has 0 aliphatic carbocycles. The number of rotatable bonds is 2. The number of hydrogen-bond donors (Lipinski definition) is 1. The van der Waals surface area contributed by atoms with Crippen molar-refractivity contribution in [3.05, 3.63) is 78.4 Å². The van der Waals surface area contributed by atoms with Crippen LogP contribution in [0.2, 0.25) is 0 Å². The molecular formula is C21H16N2O2S. The highest BCUT2D eigenvalue weighted by Crippen LogP contribution is 2.48. The first kappa shape index (κ1) is 16.4. The van der Waals surface area contributed by atoms with Gasteiger partial charge in [0.05, 0.1) is 11.4 Å². The third kappa shape index (κ3) is 2.97. The third-order valence-corrected chi connectivity index (χ3v) is 5.22. The normalized spacial score (nSPS) is 12.1. The van der Waals surface area contributed by atoms with Gasteiger partial charge in [0, 0.05) is 28.0 Å². The number of carbonyl (C=O) groups is 2. The van der Waals surface area contributed by atoms with Gasteiger partial charge in [0.1, 0.15) is 0 Å². The lowest BCUT2D eigenvalue weighted by Crippen LogP contribution is -2.28. The van der Waals surface area contributed by atoms with Crippen molar-refractivity contribution in [2.45, 2.75) is 16.7 Å². The topological polar surface area (TPSA) is 49.4 Å². The molecule has 0 atom stereocenters. The van der Waals surface area contributed by atoms with Crippen LogP contribution in [0.25, 0.3) is 0 Å². The van der Waals surface area contributed by atoms with Crippen LogP contribution in [0, 0.1) is 0 Å². The van der Waals surface area contributed by atoms with Gasteiger partial charge in [-0.1, -0.05) is 36.0 Å². The van der Waals surface area contributed by atoms with E-state index in [1.54, 1.807) is 40.9 Å². The number of anilines is 3.